The fraction of sp³-hybridized carbons (Fsp3) is 0.0704. The molecule has 0 N–H and O–H groups in total. The van der Waals surface area contributed by atoms with Crippen LogP contribution in [0.3, 0.4) is 0 Å². The molecule has 0 fully saturated rings. The van der Waals surface area contributed by atoms with Crippen molar-refractivity contribution < 1.29 is 9.47 Å². The first-order chi connectivity index (χ1) is 36.4. The topological polar surface area (TPSA) is 21.7 Å². The Hall–Kier alpha value is -9.18. The third-order valence-corrected chi connectivity index (χ3v) is 17.2. The third-order valence-electron chi connectivity index (χ3n) is 17.2. The predicted molar refractivity (Wildman–Crippen MR) is 299 cm³/mol. The van der Waals surface area contributed by atoms with Gasteiger partial charge in [0.2, 0.25) is 0 Å². The second-order valence-electron chi connectivity index (χ2n) is 21.1. The highest BCUT2D eigenvalue weighted by atomic mass is 16.5. The molecule has 2 heterocycles. The molecule has 0 bridgehead atoms. The lowest BCUT2D eigenvalue weighted by Gasteiger charge is -2.39. The Balaban J connectivity index is 0.920. The highest BCUT2D eigenvalue weighted by Gasteiger charge is 2.53. The van der Waals surface area contributed by atoms with E-state index in [1.807, 2.05) is 0 Å². The number of anilines is 3. The zero-order valence-corrected chi connectivity index (χ0v) is 40.9. The van der Waals surface area contributed by atoms with Crippen LogP contribution in [0, 0.1) is 0 Å². The van der Waals surface area contributed by atoms with E-state index < -0.39 is 10.8 Å². The van der Waals surface area contributed by atoms with Gasteiger partial charge in [-0.3, -0.25) is 0 Å². The van der Waals surface area contributed by atoms with Crippen molar-refractivity contribution in [2.24, 2.45) is 0 Å². The molecule has 0 saturated heterocycles. The van der Waals surface area contributed by atoms with Crippen molar-refractivity contribution in [1.82, 2.24) is 0 Å². The van der Waals surface area contributed by atoms with Gasteiger partial charge in [0.15, 0.2) is 0 Å². The van der Waals surface area contributed by atoms with Gasteiger partial charge >= 0.3 is 0 Å². The zero-order valence-electron chi connectivity index (χ0n) is 40.9. The number of nitrogens with zero attached hydrogens (tertiary/aromatic N) is 1. The van der Waals surface area contributed by atoms with Gasteiger partial charge in [-0.1, -0.05) is 196 Å². The zero-order chi connectivity index (χ0) is 48.9. The number of hydrogen-bond acceptors (Lipinski definition) is 3. The maximum atomic E-state index is 6.76. The van der Waals surface area contributed by atoms with Crippen LogP contribution in [0.25, 0.3) is 44.5 Å². The minimum absolute atomic E-state index is 0.187. The van der Waals surface area contributed by atoms with E-state index in [4.69, 9.17) is 9.47 Å². The van der Waals surface area contributed by atoms with Gasteiger partial charge in [0.25, 0.3) is 0 Å². The molecule has 0 unspecified atom stereocenters. The largest absolute Gasteiger partial charge is 0.457 e. The molecule has 0 amide bonds. The number of para-hydroxylation sites is 4. The van der Waals surface area contributed by atoms with E-state index in [1.54, 1.807) is 0 Å². The maximum absolute atomic E-state index is 6.76. The van der Waals surface area contributed by atoms with Gasteiger partial charge in [-0.05, 0) is 145 Å². The van der Waals surface area contributed by atoms with Crippen molar-refractivity contribution in [2.45, 2.75) is 30.1 Å². The summed E-state index contributed by atoms with van der Waals surface area (Å²) in [7, 11) is 0. The minimum Gasteiger partial charge on any atom is -0.457 e. The summed E-state index contributed by atoms with van der Waals surface area (Å²) < 4.78 is 13.5. The van der Waals surface area contributed by atoms with Crippen molar-refractivity contribution in [2.75, 3.05) is 4.90 Å². The Bertz CT molecular complexity index is 4120. The molecule has 3 nitrogen and oxygen atoms in total. The monoisotopic (exact) mass is 945 g/mol. The molecule has 11 aromatic rings. The van der Waals surface area contributed by atoms with Gasteiger partial charge in [-0.15, -0.1) is 0 Å². The molecule has 74 heavy (non-hydrogen) atoms. The van der Waals surface area contributed by atoms with E-state index in [1.165, 1.54) is 66.8 Å². The van der Waals surface area contributed by atoms with Gasteiger partial charge in [0.1, 0.15) is 23.0 Å². The average molecular weight is 946 g/mol. The van der Waals surface area contributed by atoms with E-state index in [9.17, 15) is 0 Å². The summed E-state index contributed by atoms with van der Waals surface area (Å²) in [6.07, 6.45) is 0. The quantitative estimate of drug-likeness (QED) is 0.175. The van der Waals surface area contributed by atoms with Crippen molar-refractivity contribution in [3.05, 3.63) is 304 Å². The van der Waals surface area contributed by atoms with Crippen LogP contribution in [0.5, 0.6) is 23.0 Å². The van der Waals surface area contributed by atoms with E-state index in [0.717, 1.165) is 73.4 Å². The Labute approximate surface area is 431 Å². The lowest BCUT2D eigenvalue weighted by molar-refractivity contribution is 0.436. The fourth-order valence-electron chi connectivity index (χ4n) is 14.1. The smallest absolute Gasteiger partial charge is 0.132 e. The first-order valence-corrected chi connectivity index (χ1v) is 25.8. The summed E-state index contributed by atoms with van der Waals surface area (Å²) in [6.45, 7) is 4.74. The van der Waals surface area contributed by atoms with Crippen molar-refractivity contribution in [3.63, 3.8) is 0 Å². The second kappa shape index (κ2) is 14.9. The number of ether oxygens (including phenoxy) is 2. The maximum Gasteiger partial charge on any atom is 0.132 e. The SMILES string of the molecule is CC1(C)c2ccccc2-c2ccc(N(c3cccc(-c4ccc5c(c4)C4(c6ccccc6Oc6ccccc64)c4ccccc4-5)c3)c3ccc4c(c3)C3(c5ccccc5Oc5ccccc53)c3ccccc3-4)cc21. The number of benzene rings is 11. The summed E-state index contributed by atoms with van der Waals surface area (Å²) in [5.74, 6) is 3.56. The standard InChI is InChI=1S/C71H47NO2/c1-69(2)55-23-6-3-20-49(55)52-38-35-47(42-62(52)69)72(48-36-39-54-51-22-5-8-25-57(51)71(64(54)43-48)60-28-11-15-32-67(60)74-68-33-16-12-29-61(68)71)46-19-17-18-44(40-46)45-34-37-53-50-21-4-7-24-56(50)70(63(53)41-45)58-26-9-13-30-65(58)73-66-31-14-10-27-59(66)70/h3-43H,1-2H3. The van der Waals surface area contributed by atoms with Gasteiger partial charge < -0.3 is 14.4 Å². The van der Waals surface area contributed by atoms with Crippen LogP contribution in [0.2, 0.25) is 0 Å². The summed E-state index contributed by atoms with van der Waals surface area (Å²) >= 11 is 0. The van der Waals surface area contributed by atoms with Crippen LogP contribution in [0.4, 0.5) is 17.1 Å². The molecule has 3 heteroatoms. The number of hydrogen-bond donors (Lipinski definition) is 0. The normalized spacial score (nSPS) is 15.2. The second-order valence-corrected chi connectivity index (χ2v) is 21.1. The van der Waals surface area contributed by atoms with Crippen LogP contribution in [-0.4, -0.2) is 0 Å². The van der Waals surface area contributed by atoms with Crippen LogP contribution < -0.4 is 14.4 Å². The molecule has 5 aliphatic rings. The average Bonchev–Trinajstić information content (AvgIpc) is 4.08. The molecular weight excluding hydrogens is 899 g/mol. The molecule has 16 rings (SSSR count). The highest BCUT2D eigenvalue weighted by molar-refractivity contribution is 5.94. The summed E-state index contributed by atoms with van der Waals surface area (Å²) in [5.41, 5.74) is 24.2. The van der Waals surface area contributed by atoms with Crippen LogP contribution in [-0.2, 0) is 16.2 Å². The van der Waals surface area contributed by atoms with Crippen molar-refractivity contribution in [3.8, 4) is 67.5 Å². The molecule has 3 aliphatic carbocycles. The Kier molecular flexibility index (Phi) is 8.37. The molecule has 11 aromatic carbocycles. The molecule has 2 spiro atoms. The summed E-state index contributed by atoms with van der Waals surface area (Å²) in [6, 6.07) is 92.0. The molecule has 0 aromatic heterocycles. The Morgan fingerprint density at radius 1 is 0.257 bits per heavy atom. The van der Waals surface area contributed by atoms with E-state index in [0.29, 0.717) is 0 Å². The van der Waals surface area contributed by atoms with Crippen molar-refractivity contribution >= 4 is 17.1 Å². The molecule has 0 radical (unpaired) electrons. The van der Waals surface area contributed by atoms with Gasteiger partial charge in [0.05, 0.1) is 10.8 Å². The lowest BCUT2D eigenvalue weighted by Crippen LogP contribution is -2.32. The molecule has 2 aliphatic heterocycles. The number of fused-ring (bicyclic) bond motifs is 21. The van der Waals surface area contributed by atoms with E-state index >= 15 is 0 Å². The highest BCUT2D eigenvalue weighted by Crippen LogP contribution is 2.65. The van der Waals surface area contributed by atoms with E-state index in [2.05, 4.69) is 267 Å². The van der Waals surface area contributed by atoms with Gasteiger partial charge in [-0.2, -0.15) is 0 Å². The first kappa shape index (κ1) is 41.4. The van der Waals surface area contributed by atoms with E-state index in [-0.39, 0.29) is 5.41 Å². The first-order valence-electron chi connectivity index (χ1n) is 25.8. The van der Waals surface area contributed by atoms with Crippen LogP contribution in [0.1, 0.15) is 69.5 Å². The molecular formula is C71H47NO2. The van der Waals surface area contributed by atoms with Gasteiger partial charge in [0, 0.05) is 44.7 Å². The molecule has 348 valence electrons. The summed E-state index contributed by atoms with van der Waals surface area (Å²) in [5, 5.41) is 0. The predicted octanol–water partition coefficient (Wildman–Crippen LogP) is 18.1. The Morgan fingerprint density at radius 3 is 1.12 bits per heavy atom. The van der Waals surface area contributed by atoms with Crippen LogP contribution in [0.15, 0.2) is 249 Å². The Morgan fingerprint density at radius 2 is 0.608 bits per heavy atom. The fourth-order valence-corrected chi connectivity index (χ4v) is 14.1. The third kappa shape index (κ3) is 5.30. The van der Waals surface area contributed by atoms with Crippen LogP contribution >= 0.6 is 0 Å². The molecule has 0 saturated carbocycles. The lowest BCUT2D eigenvalue weighted by atomic mass is 9.66. The minimum atomic E-state index is -0.609. The van der Waals surface area contributed by atoms with Crippen molar-refractivity contribution in [1.29, 1.82) is 0 Å². The molecule has 0 atom stereocenters. The number of rotatable bonds is 4. The van der Waals surface area contributed by atoms with Gasteiger partial charge in [-0.25, -0.2) is 0 Å². The summed E-state index contributed by atoms with van der Waals surface area (Å²) in [4.78, 5) is 2.49.